The number of nitrogens with one attached hydrogen (secondary N) is 1. The second kappa shape index (κ2) is 8.23. The number of anilines is 2. The fraction of sp³-hybridized carbons (Fsp3) is 0.542. The van der Waals surface area contributed by atoms with Gasteiger partial charge in [0.25, 0.3) is 5.91 Å². The third kappa shape index (κ3) is 4.67. The molecule has 2 aliphatic heterocycles. The molecule has 0 atom stereocenters. The van der Waals surface area contributed by atoms with Crippen molar-refractivity contribution >= 4 is 17.3 Å². The van der Waals surface area contributed by atoms with Gasteiger partial charge >= 0.3 is 0 Å². The first-order chi connectivity index (χ1) is 13.9. The minimum absolute atomic E-state index is 0.188. The van der Waals surface area contributed by atoms with E-state index in [4.69, 9.17) is 9.15 Å². The molecule has 0 aliphatic carbocycles. The van der Waals surface area contributed by atoms with Crippen LogP contribution in [0.5, 0.6) is 0 Å². The van der Waals surface area contributed by atoms with Gasteiger partial charge in [0.1, 0.15) is 5.76 Å². The monoisotopic (exact) mass is 396 g/mol. The molecular formula is C24H32N2O3. The number of benzene rings is 1. The normalized spacial score (nSPS) is 19.9. The summed E-state index contributed by atoms with van der Waals surface area (Å²) >= 11 is 0. The summed E-state index contributed by atoms with van der Waals surface area (Å²) in [5, 5.41) is 3.10. The Balaban J connectivity index is 1.49. The highest BCUT2D eigenvalue weighted by Gasteiger charge is 2.27. The molecule has 1 aromatic carbocycles. The largest absolute Gasteiger partial charge is 0.456 e. The van der Waals surface area contributed by atoms with Crippen LogP contribution in [0.2, 0.25) is 0 Å². The van der Waals surface area contributed by atoms with Crippen molar-refractivity contribution in [3.63, 3.8) is 0 Å². The Morgan fingerprint density at radius 2 is 1.83 bits per heavy atom. The second-order valence-corrected chi connectivity index (χ2v) is 9.21. The first-order valence-electron chi connectivity index (χ1n) is 10.8. The molecule has 0 radical (unpaired) electrons. The van der Waals surface area contributed by atoms with Gasteiger partial charge in [0, 0.05) is 32.2 Å². The van der Waals surface area contributed by atoms with Crippen LogP contribution in [-0.4, -0.2) is 32.2 Å². The van der Waals surface area contributed by atoms with E-state index in [1.807, 2.05) is 6.07 Å². The standard InChI is InChI=1S/C24H32N2O3/c1-17-4-5-20(26-12-10-24(2,3)11-13-26)19(16-17)25-23(27)22-7-6-21(29-22)18-8-14-28-15-9-18/h4-7,16,18H,8-15H2,1-3H3,(H,25,27). The Morgan fingerprint density at radius 1 is 1.10 bits per heavy atom. The zero-order chi connectivity index (χ0) is 20.4. The number of hydrogen-bond donors (Lipinski definition) is 1. The van der Waals surface area contributed by atoms with Crippen molar-refractivity contribution in [2.45, 2.75) is 52.4 Å². The maximum Gasteiger partial charge on any atom is 0.291 e. The highest BCUT2D eigenvalue weighted by atomic mass is 16.5. The zero-order valence-corrected chi connectivity index (χ0v) is 17.8. The molecule has 2 aliphatic rings. The summed E-state index contributed by atoms with van der Waals surface area (Å²) in [7, 11) is 0. The number of carbonyl (C=O) groups is 1. The Kier molecular flexibility index (Phi) is 5.68. The van der Waals surface area contributed by atoms with Crippen LogP contribution >= 0.6 is 0 Å². The summed E-state index contributed by atoms with van der Waals surface area (Å²) in [5.74, 6) is 1.42. The molecule has 1 aromatic heterocycles. The minimum atomic E-state index is -0.188. The van der Waals surface area contributed by atoms with E-state index in [9.17, 15) is 4.79 Å². The number of carbonyl (C=O) groups excluding carboxylic acids is 1. The van der Waals surface area contributed by atoms with Crippen LogP contribution in [0.4, 0.5) is 11.4 Å². The average Bonchev–Trinajstić information content (AvgIpc) is 3.20. The molecule has 29 heavy (non-hydrogen) atoms. The van der Waals surface area contributed by atoms with E-state index < -0.39 is 0 Å². The number of amides is 1. The first kappa shape index (κ1) is 20.0. The van der Waals surface area contributed by atoms with Gasteiger partial charge in [-0.2, -0.15) is 0 Å². The number of hydrogen-bond acceptors (Lipinski definition) is 4. The third-order valence-electron chi connectivity index (χ3n) is 6.33. The predicted octanol–water partition coefficient (Wildman–Crippen LogP) is 5.36. The molecular weight excluding hydrogens is 364 g/mol. The fourth-order valence-electron chi connectivity index (χ4n) is 4.24. The first-order valence-corrected chi connectivity index (χ1v) is 10.8. The van der Waals surface area contributed by atoms with Crippen molar-refractivity contribution in [3.8, 4) is 0 Å². The van der Waals surface area contributed by atoms with E-state index in [-0.39, 0.29) is 5.91 Å². The Labute approximate surface area is 173 Å². The van der Waals surface area contributed by atoms with Gasteiger partial charge in [-0.3, -0.25) is 4.79 Å². The van der Waals surface area contributed by atoms with Gasteiger partial charge in [-0.15, -0.1) is 0 Å². The van der Waals surface area contributed by atoms with Crippen molar-refractivity contribution in [1.82, 2.24) is 0 Å². The smallest absolute Gasteiger partial charge is 0.291 e. The summed E-state index contributed by atoms with van der Waals surface area (Å²) in [6, 6.07) is 10.0. The highest BCUT2D eigenvalue weighted by Crippen LogP contribution is 2.36. The highest BCUT2D eigenvalue weighted by molar-refractivity contribution is 6.04. The minimum Gasteiger partial charge on any atom is -0.456 e. The lowest BCUT2D eigenvalue weighted by molar-refractivity contribution is 0.0799. The van der Waals surface area contributed by atoms with Crippen LogP contribution in [0.3, 0.4) is 0 Å². The van der Waals surface area contributed by atoms with E-state index in [0.29, 0.717) is 17.1 Å². The van der Waals surface area contributed by atoms with Crippen molar-refractivity contribution < 1.29 is 13.9 Å². The van der Waals surface area contributed by atoms with Gasteiger partial charge in [-0.25, -0.2) is 0 Å². The summed E-state index contributed by atoms with van der Waals surface area (Å²) in [6.07, 6.45) is 4.20. The summed E-state index contributed by atoms with van der Waals surface area (Å²) in [5.41, 5.74) is 3.47. The lowest BCUT2D eigenvalue weighted by Crippen LogP contribution is -2.37. The third-order valence-corrected chi connectivity index (χ3v) is 6.33. The molecule has 5 nitrogen and oxygen atoms in total. The van der Waals surface area contributed by atoms with Crippen molar-refractivity contribution in [2.24, 2.45) is 5.41 Å². The topological polar surface area (TPSA) is 54.7 Å². The molecule has 1 N–H and O–H groups in total. The van der Waals surface area contributed by atoms with E-state index in [0.717, 1.165) is 74.7 Å². The molecule has 5 heteroatoms. The van der Waals surface area contributed by atoms with E-state index in [2.05, 4.69) is 49.2 Å². The van der Waals surface area contributed by atoms with Crippen molar-refractivity contribution in [3.05, 3.63) is 47.4 Å². The van der Waals surface area contributed by atoms with Crippen LogP contribution < -0.4 is 10.2 Å². The van der Waals surface area contributed by atoms with Gasteiger partial charge in [-0.1, -0.05) is 19.9 Å². The maximum atomic E-state index is 12.9. The molecule has 0 unspecified atom stereocenters. The van der Waals surface area contributed by atoms with Crippen molar-refractivity contribution in [2.75, 3.05) is 36.5 Å². The number of furan rings is 1. The summed E-state index contributed by atoms with van der Waals surface area (Å²) in [4.78, 5) is 15.3. The zero-order valence-electron chi connectivity index (χ0n) is 17.8. The molecule has 156 valence electrons. The van der Waals surface area contributed by atoms with Crippen LogP contribution in [0.25, 0.3) is 0 Å². The molecule has 0 saturated carbocycles. The van der Waals surface area contributed by atoms with Crippen molar-refractivity contribution in [1.29, 1.82) is 0 Å². The summed E-state index contributed by atoms with van der Waals surface area (Å²) < 4.78 is 11.3. The van der Waals surface area contributed by atoms with E-state index >= 15 is 0 Å². The van der Waals surface area contributed by atoms with Crippen LogP contribution in [0, 0.1) is 12.3 Å². The Hall–Kier alpha value is -2.27. The number of nitrogens with zero attached hydrogens (tertiary/aromatic N) is 1. The van der Waals surface area contributed by atoms with Gasteiger partial charge in [0.15, 0.2) is 5.76 Å². The lowest BCUT2D eigenvalue weighted by Gasteiger charge is -2.39. The molecule has 4 rings (SSSR count). The van der Waals surface area contributed by atoms with Gasteiger partial charge in [0.2, 0.25) is 0 Å². The van der Waals surface area contributed by atoms with Crippen LogP contribution in [0.15, 0.2) is 34.7 Å². The van der Waals surface area contributed by atoms with Gasteiger partial charge in [0.05, 0.1) is 11.4 Å². The Morgan fingerprint density at radius 3 is 2.55 bits per heavy atom. The fourth-order valence-corrected chi connectivity index (χ4v) is 4.24. The SMILES string of the molecule is Cc1ccc(N2CCC(C)(C)CC2)c(NC(=O)c2ccc(C3CCOCC3)o2)c1. The second-order valence-electron chi connectivity index (χ2n) is 9.21. The molecule has 2 aromatic rings. The predicted molar refractivity (Wildman–Crippen MR) is 116 cm³/mol. The van der Waals surface area contributed by atoms with Gasteiger partial charge in [-0.05, 0) is 67.9 Å². The molecule has 0 spiro atoms. The maximum absolute atomic E-state index is 12.9. The summed E-state index contributed by atoms with van der Waals surface area (Å²) in [6.45, 7) is 10.2. The van der Waals surface area contributed by atoms with Crippen LogP contribution in [-0.2, 0) is 4.74 Å². The molecule has 2 saturated heterocycles. The quantitative estimate of drug-likeness (QED) is 0.756. The van der Waals surface area contributed by atoms with E-state index in [1.54, 1.807) is 6.07 Å². The lowest BCUT2D eigenvalue weighted by atomic mass is 9.82. The number of rotatable bonds is 4. The molecule has 1 amide bonds. The number of piperidine rings is 1. The number of aryl methyl sites for hydroxylation is 1. The number of ether oxygens (including phenoxy) is 1. The average molecular weight is 397 g/mol. The van der Waals surface area contributed by atoms with Gasteiger partial charge < -0.3 is 19.4 Å². The molecule has 2 fully saturated rings. The Bertz CT molecular complexity index is 855. The molecule has 3 heterocycles. The van der Waals surface area contributed by atoms with Crippen LogP contribution in [0.1, 0.15) is 67.3 Å². The van der Waals surface area contributed by atoms with E-state index in [1.165, 1.54) is 0 Å². The molecule has 0 bridgehead atoms.